The Kier molecular flexibility index (Phi) is 5.73. The molecule has 0 saturated carbocycles. The van der Waals surface area contributed by atoms with Gasteiger partial charge in [0.2, 0.25) is 0 Å². The molecule has 0 saturated heterocycles. The number of hydrogen-bond donors (Lipinski definition) is 2. The lowest BCUT2D eigenvalue weighted by Gasteiger charge is -2.12. The second-order valence-corrected chi connectivity index (χ2v) is 4.28. The van der Waals surface area contributed by atoms with Gasteiger partial charge in [0.05, 0.1) is 0 Å². The highest BCUT2D eigenvalue weighted by Crippen LogP contribution is 2.17. The van der Waals surface area contributed by atoms with E-state index in [2.05, 4.69) is 5.32 Å². The highest BCUT2D eigenvalue weighted by Gasteiger charge is 2.21. The van der Waals surface area contributed by atoms with Crippen molar-refractivity contribution in [2.45, 2.75) is 17.6 Å². The minimum absolute atomic E-state index is 0.100. The van der Waals surface area contributed by atoms with Gasteiger partial charge in [-0.2, -0.15) is 0 Å². The number of carbonyl (C=O) groups is 2. The summed E-state index contributed by atoms with van der Waals surface area (Å²) in [7, 11) is 1.47. The molecule has 18 heavy (non-hydrogen) atoms. The van der Waals surface area contributed by atoms with E-state index in [1.54, 1.807) is 6.07 Å². The maximum atomic E-state index is 11.7. The van der Waals surface area contributed by atoms with Crippen molar-refractivity contribution < 1.29 is 23.8 Å². The maximum Gasteiger partial charge on any atom is 0.326 e. The van der Waals surface area contributed by atoms with Crippen LogP contribution in [0.5, 0.6) is 0 Å². The molecule has 7 heteroatoms. The molecule has 0 aromatic carbocycles. The van der Waals surface area contributed by atoms with Gasteiger partial charge in [-0.15, -0.1) is 0 Å². The molecule has 100 valence electrons. The molecule has 0 aliphatic rings. The Morgan fingerprint density at radius 1 is 1.56 bits per heavy atom. The quantitative estimate of drug-likeness (QED) is 0.726. The summed E-state index contributed by atoms with van der Waals surface area (Å²) < 4.78 is 10.00. The van der Waals surface area contributed by atoms with E-state index < -0.39 is 17.9 Å². The Hall–Kier alpha value is -1.47. The third-order valence-corrected chi connectivity index (χ3v) is 2.84. The minimum atomic E-state index is -1.10. The largest absolute Gasteiger partial charge is 0.480 e. The van der Waals surface area contributed by atoms with Gasteiger partial charge >= 0.3 is 5.97 Å². The van der Waals surface area contributed by atoms with Crippen molar-refractivity contribution in [3.05, 3.63) is 17.9 Å². The first-order chi connectivity index (χ1) is 8.58. The Morgan fingerprint density at radius 3 is 2.78 bits per heavy atom. The van der Waals surface area contributed by atoms with Crippen molar-refractivity contribution in [1.29, 1.82) is 0 Å². The second-order valence-electron chi connectivity index (χ2n) is 3.47. The zero-order chi connectivity index (χ0) is 13.5. The Balaban J connectivity index is 2.62. The number of methoxy groups -OCH3 is 1. The summed E-state index contributed by atoms with van der Waals surface area (Å²) >= 11 is 1.36. The maximum absolute atomic E-state index is 11.7. The van der Waals surface area contributed by atoms with E-state index in [1.807, 2.05) is 6.26 Å². The molecule has 1 heterocycles. The van der Waals surface area contributed by atoms with Crippen molar-refractivity contribution in [3.63, 3.8) is 0 Å². The van der Waals surface area contributed by atoms with Gasteiger partial charge in [0.25, 0.3) is 5.91 Å². The monoisotopic (exact) mass is 273 g/mol. The van der Waals surface area contributed by atoms with E-state index in [4.69, 9.17) is 14.3 Å². The van der Waals surface area contributed by atoms with Crippen LogP contribution in [0, 0.1) is 0 Å². The van der Waals surface area contributed by atoms with Crippen LogP contribution in [-0.2, 0) is 9.53 Å². The van der Waals surface area contributed by atoms with Crippen LogP contribution >= 0.6 is 11.8 Å². The van der Waals surface area contributed by atoms with Crippen LogP contribution in [0.1, 0.15) is 17.0 Å². The number of aliphatic carboxylic acids is 1. The van der Waals surface area contributed by atoms with E-state index in [0.29, 0.717) is 5.09 Å². The summed E-state index contributed by atoms with van der Waals surface area (Å²) in [5.74, 6) is -1.54. The van der Waals surface area contributed by atoms with Crippen LogP contribution < -0.4 is 5.32 Å². The van der Waals surface area contributed by atoms with Crippen molar-refractivity contribution in [2.24, 2.45) is 0 Å². The number of thioether (sulfide) groups is 1. The molecule has 1 aromatic rings. The molecule has 1 rings (SSSR count). The van der Waals surface area contributed by atoms with Crippen LogP contribution in [0.15, 0.2) is 21.6 Å². The highest BCUT2D eigenvalue weighted by molar-refractivity contribution is 7.98. The third kappa shape index (κ3) is 4.08. The molecule has 1 unspecified atom stereocenters. The van der Waals surface area contributed by atoms with Crippen molar-refractivity contribution in [3.8, 4) is 0 Å². The summed E-state index contributed by atoms with van der Waals surface area (Å²) in [6.45, 7) is 0.255. The van der Waals surface area contributed by atoms with Gasteiger partial charge in [-0.05, 0) is 18.4 Å². The fraction of sp³-hybridized carbons (Fsp3) is 0.455. The third-order valence-electron chi connectivity index (χ3n) is 2.22. The number of rotatable bonds is 7. The normalized spacial score (nSPS) is 12.1. The van der Waals surface area contributed by atoms with E-state index in [0.717, 1.165) is 0 Å². The van der Waals surface area contributed by atoms with E-state index >= 15 is 0 Å². The average Bonchev–Trinajstić information content (AvgIpc) is 2.82. The smallest absolute Gasteiger partial charge is 0.326 e. The van der Waals surface area contributed by atoms with Crippen LogP contribution in [-0.4, -0.2) is 43.0 Å². The molecule has 0 aliphatic carbocycles. The zero-order valence-electron chi connectivity index (χ0n) is 10.1. The van der Waals surface area contributed by atoms with Crippen molar-refractivity contribution in [2.75, 3.05) is 20.0 Å². The van der Waals surface area contributed by atoms with Gasteiger partial charge < -0.3 is 19.6 Å². The summed E-state index contributed by atoms with van der Waals surface area (Å²) in [6.07, 6.45) is 2.02. The predicted octanol–water partition coefficient (Wildman–Crippen LogP) is 1.22. The molecule has 2 N–H and O–H groups in total. The van der Waals surface area contributed by atoms with Gasteiger partial charge in [0, 0.05) is 20.1 Å². The van der Waals surface area contributed by atoms with Gasteiger partial charge in [-0.25, -0.2) is 4.79 Å². The molecule has 0 fully saturated rings. The highest BCUT2D eigenvalue weighted by atomic mass is 32.2. The summed E-state index contributed by atoms with van der Waals surface area (Å²) in [4.78, 5) is 22.7. The topological polar surface area (TPSA) is 88.8 Å². The van der Waals surface area contributed by atoms with Crippen LogP contribution in [0.25, 0.3) is 0 Å². The lowest BCUT2D eigenvalue weighted by Crippen LogP contribution is -2.41. The first-order valence-corrected chi connectivity index (χ1v) is 6.47. The first-order valence-electron chi connectivity index (χ1n) is 5.25. The predicted molar refractivity (Wildman–Crippen MR) is 65.9 cm³/mol. The fourth-order valence-electron chi connectivity index (χ4n) is 1.27. The number of carboxylic acid groups (broad SMARTS) is 1. The molecule has 1 atom stereocenters. The molecule has 0 radical (unpaired) electrons. The first kappa shape index (κ1) is 14.6. The lowest BCUT2D eigenvalue weighted by molar-refractivity contribution is -0.139. The standard InChI is InChI=1S/C11H15NO5S/c1-16-6-5-7(11(14)15)12-10(13)8-3-4-9(17-8)18-2/h3-4,7H,5-6H2,1-2H3,(H,12,13)(H,14,15). The van der Waals surface area contributed by atoms with Crippen molar-refractivity contribution >= 4 is 23.6 Å². The zero-order valence-corrected chi connectivity index (χ0v) is 11.0. The number of furan rings is 1. The molecule has 1 amide bonds. The molecule has 0 spiro atoms. The van der Waals surface area contributed by atoms with Gasteiger partial charge in [-0.3, -0.25) is 4.79 Å². The molecule has 0 aliphatic heterocycles. The Labute approximate surface area is 109 Å². The number of ether oxygens (including phenoxy) is 1. The Morgan fingerprint density at radius 2 is 2.28 bits per heavy atom. The lowest BCUT2D eigenvalue weighted by atomic mass is 10.2. The number of carbonyl (C=O) groups excluding carboxylic acids is 1. The Bertz CT molecular complexity index is 417. The van der Waals surface area contributed by atoms with Gasteiger partial charge in [-0.1, -0.05) is 11.8 Å². The van der Waals surface area contributed by atoms with Gasteiger partial charge in [0.15, 0.2) is 10.9 Å². The van der Waals surface area contributed by atoms with E-state index in [1.165, 1.54) is 24.9 Å². The second kappa shape index (κ2) is 7.07. The molecule has 1 aromatic heterocycles. The number of amides is 1. The van der Waals surface area contributed by atoms with Crippen molar-refractivity contribution in [1.82, 2.24) is 5.32 Å². The summed E-state index contributed by atoms with van der Waals surface area (Å²) in [6, 6.07) is 2.18. The molecular weight excluding hydrogens is 258 g/mol. The summed E-state index contributed by atoms with van der Waals surface area (Å²) in [5.41, 5.74) is 0. The molecular formula is C11H15NO5S. The van der Waals surface area contributed by atoms with E-state index in [-0.39, 0.29) is 18.8 Å². The van der Waals surface area contributed by atoms with Gasteiger partial charge in [0.1, 0.15) is 6.04 Å². The molecule has 0 bridgehead atoms. The van der Waals surface area contributed by atoms with E-state index in [9.17, 15) is 9.59 Å². The number of carboxylic acids is 1. The summed E-state index contributed by atoms with van der Waals surface area (Å²) in [5, 5.41) is 11.9. The van der Waals surface area contributed by atoms with Crippen LogP contribution in [0.3, 0.4) is 0 Å². The van der Waals surface area contributed by atoms with Crippen LogP contribution in [0.4, 0.5) is 0 Å². The van der Waals surface area contributed by atoms with Crippen LogP contribution in [0.2, 0.25) is 0 Å². The average molecular weight is 273 g/mol. The molecule has 6 nitrogen and oxygen atoms in total. The fourth-order valence-corrected chi connectivity index (χ4v) is 1.65. The number of nitrogens with one attached hydrogen (secondary N) is 1. The SMILES string of the molecule is COCCC(NC(=O)c1ccc(SC)o1)C(=O)O. The minimum Gasteiger partial charge on any atom is -0.480 e. The number of hydrogen-bond acceptors (Lipinski definition) is 5.